The van der Waals surface area contributed by atoms with Gasteiger partial charge in [-0.2, -0.15) is 0 Å². The molecule has 1 saturated heterocycles. The molecule has 0 radical (unpaired) electrons. The SMILES string of the molecule is CC.CC1(C)OCC(COCCn2ccc3c(Br)cccc32)O1. The van der Waals surface area contributed by atoms with E-state index in [0.29, 0.717) is 19.8 Å². The normalized spacial score (nSPS) is 19.6. The van der Waals surface area contributed by atoms with Crippen LogP contribution in [-0.4, -0.2) is 36.3 Å². The van der Waals surface area contributed by atoms with Crippen molar-refractivity contribution in [1.29, 1.82) is 0 Å². The third-order valence-electron chi connectivity index (χ3n) is 3.61. The van der Waals surface area contributed by atoms with Crippen LogP contribution >= 0.6 is 15.9 Å². The number of benzene rings is 1. The van der Waals surface area contributed by atoms with Crippen LogP contribution in [0.3, 0.4) is 0 Å². The van der Waals surface area contributed by atoms with Gasteiger partial charge in [0, 0.05) is 28.1 Å². The van der Waals surface area contributed by atoms with Crippen molar-refractivity contribution in [2.45, 2.75) is 46.1 Å². The van der Waals surface area contributed by atoms with Gasteiger partial charge in [-0.1, -0.05) is 35.8 Å². The summed E-state index contributed by atoms with van der Waals surface area (Å²) in [6.07, 6.45) is 2.13. The lowest BCUT2D eigenvalue weighted by Crippen LogP contribution is -2.24. The largest absolute Gasteiger partial charge is 0.377 e. The monoisotopic (exact) mass is 383 g/mol. The molecule has 1 aromatic carbocycles. The highest BCUT2D eigenvalue weighted by atomic mass is 79.9. The molecule has 1 atom stereocenters. The van der Waals surface area contributed by atoms with Gasteiger partial charge in [0.2, 0.25) is 0 Å². The molecule has 2 aromatic rings. The Balaban J connectivity index is 0.000000924. The maximum atomic E-state index is 5.73. The van der Waals surface area contributed by atoms with E-state index >= 15 is 0 Å². The number of fused-ring (bicyclic) bond motifs is 1. The van der Waals surface area contributed by atoms with Crippen LogP contribution in [-0.2, 0) is 20.8 Å². The maximum Gasteiger partial charge on any atom is 0.163 e. The molecule has 4 nitrogen and oxygen atoms in total. The van der Waals surface area contributed by atoms with Crippen LogP contribution in [0.1, 0.15) is 27.7 Å². The van der Waals surface area contributed by atoms with Gasteiger partial charge >= 0.3 is 0 Å². The lowest BCUT2D eigenvalue weighted by molar-refractivity contribution is -0.145. The average Bonchev–Trinajstić information content (AvgIpc) is 3.10. The van der Waals surface area contributed by atoms with Gasteiger partial charge in [-0.05, 0) is 32.0 Å². The quantitative estimate of drug-likeness (QED) is 0.707. The molecule has 2 heterocycles. The Bertz CT molecular complexity index is 624. The smallest absolute Gasteiger partial charge is 0.163 e. The second-order valence-corrected chi connectivity index (χ2v) is 6.56. The Hall–Kier alpha value is -0.880. The first-order valence-electron chi connectivity index (χ1n) is 8.18. The Kier molecular flexibility index (Phi) is 6.65. The highest BCUT2D eigenvalue weighted by Crippen LogP contribution is 2.25. The van der Waals surface area contributed by atoms with Crippen molar-refractivity contribution in [3.63, 3.8) is 0 Å². The van der Waals surface area contributed by atoms with Crippen LogP contribution in [0.15, 0.2) is 34.9 Å². The lowest BCUT2D eigenvalue weighted by Gasteiger charge is -2.17. The van der Waals surface area contributed by atoms with E-state index in [-0.39, 0.29) is 6.10 Å². The summed E-state index contributed by atoms with van der Waals surface area (Å²) in [5.41, 5.74) is 1.22. The molecule has 0 aliphatic carbocycles. The molecule has 23 heavy (non-hydrogen) atoms. The predicted octanol–water partition coefficient (Wildman–Crippen LogP) is 4.60. The van der Waals surface area contributed by atoms with Gasteiger partial charge in [0.25, 0.3) is 0 Å². The first kappa shape index (κ1) is 18.5. The van der Waals surface area contributed by atoms with Gasteiger partial charge < -0.3 is 18.8 Å². The van der Waals surface area contributed by atoms with Crippen molar-refractivity contribution >= 4 is 26.8 Å². The first-order chi connectivity index (χ1) is 11.1. The number of nitrogens with zero attached hydrogens (tertiary/aromatic N) is 1. The highest BCUT2D eigenvalue weighted by molar-refractivity contribution is 9.10. The van der Waals surface area contributed by atoms with Crippen LogP contribution < -0.4 is 0 Å². The number of halogens is 1. The number of aromatic nitrogens is 1. The Morgan fingerprint density at radius 2 is 2.09 bits per heavy atom. The van der Waals surface area contributed by atoms with Gasteiger partial charge in [-0.15, -0.1) is 0 Å². The fraction of sp³-hybridized carbons (Fsp3) is 0.556. The van der Waals surface area contributed by atoms with E-state index < -0.39 is 5.79 Å². The fourth-order valence-corrected chi connectivity index (χ4v) is 3.09. The average molecular weight is 384 g/mol. The van der Waals surface area contributed by atoms with Gasteiger partial charge in [-0.25, -0.2) is 0 Å². The van der Waals surface area contributed by atoms with Gasteiger partial charge in [0.05, 0.1) is 19.8 Å². The third-order valence-corrected chi connectivity index (χ3v) is 4.30. The van der Waals surface area contributed by atoms with E-state index in [1.807, 2.05) is 27.7 Å². The van der Waals surface area contributed by atoms with Crippen molar-refractivity contribution in [3.8, 4) is 0 Å². The van der Waals surface area contributed by atoms with E-state index in [0.717, 1.165) is 11.0 Å². The summed E-state index contributed by atoms with van der Waals surface area (Å²) in [4.78, 5) is 0. The first-order valence-corrected chi connectivity index (χ1v) is 8.97. The van der Waals surface area contributed by atoms with E-state index in [2.05, 4.69) is 51.0 Å². The minimum Gasteiger partial charge on any atom is -0.377 e. The summed E-state index contributed by atoms with van der Waals surface area (Å²) < 4.78 is 20.3. The molecule has 0 spiro atoms. The van der Waals surface area contributed by atoms with Crippen molar-refractivity contribution in [1.82, 2.24) is 4.57 Å². The number of ether oxygens (including phenoxy) is 3. The molecule has 3 rings (SSSR count). The van der Waals surface area contributed by atoms with Crippen molar-refractivity contribution in [3.05, 3.63) is 34.9 Å². The van der Waals surface area contributed by atoms with Gasteiger partial charge in [-0.3, -0.25) is 0 Å². The molecule has 5 heteroatoms. The zero-order chi connectivity index (χ0) is 16.9. The summed E-state index contributed by atoms with van der Waals surface area (Å²) in [7, 11) is 0. The molecule has 1 aliphatic heterocycles. The summed E-state index contributed by atoms with van der Waals surface area (Å²) in [6, 6.07) is 8.35. The van der Waals surface area contributed by atoms with Crippen molar-refractivity contribution in [2.75, 3.05) is 19.8 Å². The molecule has 128 valence electrons. The molecular weight excluding hydrogens is 358 g/mol. The van der Waals surface area contributed by atoms with E-state index in [1.54, 1.807) is 0 Å². The minimum atomic E-state index is -0.475. The zero-order valence-corrected chi connectivity index (χ0v) is 15.9. The van der Waals surface area contributed by atoms with Crippen LogP contribution in [0.25, 0.3) is 10.9 Å². The highest BCUT2D eigenvalue weighted by Gasteiger charge is 2.32. The van der Waals surface area contributed by atoms with Gasteiger partial charge in [0.1, 0.15) is 6.10 Å². The Labute approximate surface area is 146 Å². The molecular formula is C18H26BrNO3. The molecule has 0 amide bonds. The summed E-state index contributed by atoms with van der Waals surface area (Å²) in [5, 5.41) is 1.23. The van der Waals surface area contributed by atoms with Crippen LogP contribution in [0.4, 0.5) is 0 Å². The van der Waals surface area contributed by atoms with Crippen LogP contribution in [0, 0.1) is 0 Å². The van der Waals surface area contributed by atoms with E-state index in [4.69, 9.17) is 14.2 Å². The number of hydrogen-bond donors (Lipinski definition) is 0. The molecule has 0 saturated carbocycles. The molecule has 1 aromatic heterocycles. The van der Waals surface area contributed by atoms with Crippen LogP contribution in [0.2, 0.25) is 0 Å². The second-order valence-electron chi connectivity index (χ2n) is 5.71. The summed E-state index contributed by atoms with van der Waals surface area (Å²) in [6.45, 7) is 10.5. The predicted molar refractivity (Wildman–Crippen MR) is 96.7 cm³/mol. The van der Waals surface area contributed by atoms with Crippen LogP contribution in [0.5, 0.6) is 0 Å². The third kappa shape index (κ3) is 4.80. The molecule has 1 unspecified atom stereocenters. The molecule has 1 aliphatic rings. The summed E-state index contributed by atoms with van der Waals surface area (Å²) in [5.74, 6) is -0.475. The Morgan fingerprint density at radius 3 is 2.78 bits per heavy atom. The lowest BCUT2D eigenvalue weighted by atomic mass is 10.2. The zero-order valence-electron chi connectivity index (χ0n) is 14.3. The maximum absolute atomic E-state index is 5.73. The summed E-state index contributed by atoms with van der Waals surface area (Å²) >= 11 is 3.57. The van der Waals surface area contributed by atoms with E-state index in [1.165, 1.54) is 10.9 Å². The fourth-order valence-electron chi connectivity index (χ4n) is 2.60. The number of hydrogen-bond acceptors (Lipinski definition) is 3. The molecule has 1 fully saturated rings. The van der Waals surface area contributed by atoms with E-state index in [9.17, 15) is 0 Å². The topological polar surface area (TPSA) is 32.6 Å². The second kappa shape index (κ2) is 8.29. The van der Waals surface area contributed by atoms with Gasteiger partial charge in [0.15, 0.2) is 5.79 Å². The molecule has 0 N–H and O–H groups in total. The number of rotatable bonds is 5. The minimum absolute atomic E-state index is 0.0375. The molecule has 0 bridgehead atoms. The standard InChI is InChI=1S/C16H20BrNO3.C2H6/c1-16(2)20-11-12(21-16)10-19-9-8-18-7-6-13-14(17)4-3-5-15(13)18;1-2/h3-7,12H,8-11H2,1-2H3;1-2H3. The van der Waals surface area contributed by atoms with Crippen molar-refractivity contribution < 1.29 is 14.2 Å². The van der Waals surface area contributed by atoms with Crippen molar-refractivity contribution in [2.24, 2.45) is 0 Å². The Morgan fingerprint density at radius 1 is 1.30 bits per heavy atom.